The monoisotopic (exact) mass is 251 g/mol. The van der Waals surface area contributed by atoms with Crippen molar-refractivity contribution >= 4 is 0 Å². The van der Waals surface area contributed by atoms with Crippen molar-refractivity contribution in [1.82, 2.24) is 14.5 Å². The van der Waals surface area contributed by atoms with E-state index in [4.69, 9.17) is 0 Å². The molecule has 3 nitrogen and oxygen atoms in total. The molecule has 0 aliphatic carbocycles. The molecule has 0 saturated carbocycles. The summed E-state index contributed by atoms with van der Waals surface area (Å²) in [5.41, 5.74) is 0.421. The van der Waals surface area contributed by atoms with Crippen LogP contribution in [-0.4, -0.2) is 32.1 Å². The van der Waals surface area contributed by atoms with Gasteiger partial charge in [0.2, 0.25) is 0 Å². The van der Waals surface area contributed by atoms with Gasteiger partial charge in [0.05, 0.1) is 0 Å². The smallest absolute Gasteiger partial charge is 0.105 e. The van der Waals surface area contributed by atoms with E-state index in [9.17, 15) is 0 Å². The molecule has 0 radical (unpaired) electrons. The Morgan fingerprint density at radius 1 is 1.11 bits per heavy atom. The molecule has 104 valence electrons. The van der Waals surface area contributed by atoms with Crippen LogP contribution in [0.2, 0.25) is 0 Å². The van der Waals surface area contributed by atoms with E-state index in [1.807, 2.05) is 6.20 Å². The van der Waals surface area contributed by atoms with Crippen molar-refractivity contribution < 1.29 is 0 Å². The number of rotatable bonds is 4. The summed E-state index contributed by atoms with van der Waals surface area (Å²) in [7, 11) is 0. The van der Waals surface area contributed by atoms with Crippen LogP contribution >= 0.6 is 0 Å². The number of imidazole rings is 1. The molecule has 0 N–H and O–H groups in total. The van der Waals surface area contributed by atoms with Gasteiger partial charge < -0.3 is 4.57 Å². The van der Waals surface area contributed by atoms with E-state index >= 15 is 0 Å². The third-order valence-corrected chi connectivity index (χ3v) is 3.32. The van der Waals surface area contributed by atoms with Gasteiger partial charge in [-0.1, -0.05) is 0 Å². The van der Waals surface area contributed by atoms with Gasteiger partial charge in [0.1, 0.15) is 5.82 Å². The quantitative estimate of drug-likeness (QED) is 0.817. The Morgan fingerprint density at radius 3 is 2.06 bits per heavy atom. The molecule has 0 amide bonds. The lowest BCUT2D eigenvalue weighted by Gasteiger charge is -2.45. The van der Waals surface area contributed by atoms with Gasteiger partial charge in [0, 0.05) is 36.6 Å². The van der Waals surface area contributed by atoms with Crippen LogP contribution in [0.3, 0.4) is 0 Å². The summed E-state index contributed by atoms with van der Waals surface area (Å²) in [6, 6.07) is 0. The lowest BCUT2D eigenvalue weighted by atomic mass is 9.95. The molecule has 0 saturated heterocycles. The van der Waals surface area contributed by atoms with Crippen molar-refractivity contribution in [2.24, 2.45) is 0 Å². The molecule has 0 aliphatic heterocycles. The lowest BCUT2D eigenvalue weighted by molar-refractivity contribution is 0.0362. The molecule has 0 aromatic carbocycles. The molecule has 1 aromatic rings. The fourth-order valence-electron chi connectivity index (χ4n) is 2.72. The molecule has 1 heterocycles. The first-order valence-corrected chi connectivity index (χ1v) is 6.88. The van der Waals surface area contributed by atoms with Gasteiger partial charge in [-0.05, 0) is 54.9 Å². The molecule has 1 rings (SSSR count). The Kier molecular flexibility index (Phi) is 4.60. The third-order valence-electron chi connectivity index (χ3n) is 3.32. The average Bonchev–Trinajstić information content (AvgIpc) is 2.55. The summed E-state index contributed by atoms with van der Waals surface area (Å²) in [4.78, 5) is 6.84. The summed E-state index contributed by atoms with van der Waals surface area (Å²) in [6.45, 7) is 18.0. The van der Waals surface area contributed by atoms with Crippen molar-refractivity contribution in [3.63, 3.8) is 0 Å². The molecular formula is C15H29N3. The first-order valence-electron chi connectivity index (χ1n) is 6.88. The highest BCUT2D eigenvalue weighted by Crippen LogP contribution is 2.24. The van der Waals surface area contributed by atoms with E-state index in [1.165, 1.54) is 0 Å². The van der Waals surface area contributed by atoms with Gasteiger partial charge >= 0.3 is 0 Å². The van der Waals surface area contributed by atoms with E-state index < -0.39 is 0 Å². The van der Waals surface area contributed by atoms with Crippen LogP contribution in [0, 0.1) is 6.92 Å². The van der Waals surface area contributed by atoms with Gasteiger partial charge in [0.25, 0.3) is 0 Å². The standard InChI is InChI=1S/C15H29N3/c1-13-16-9-12-17(13)10-8-11-18(14(2,3)4)15(5,6)7/h9,12H,8,10-11H2,1-7H3. The number of aromatic nitrogens is 2. The second kappa shape index (κ2) is 5.43. The van der Waals surface area contributed by atoms with Crippen molar-refractivity contribution in [3.05, 3.63) is 18.2 Å². The maximum Gasteiger partial charge on any atom is 0.105 e. The zero-order valence-corrected chi connectivity index (χ0v) is 13.1. The zero-order valence-electron chi connectivity index (χ0n) is 13.1. The SMILES string of the molecule is Cc1nccn1CCCN(C(C)(C)C)C(C)(C)C. The second-order valence-electron chi connectivity index (χ2n) is 7.01. The van der Waals surface area contributed by atoms with Crippen LogP contribution in [0.25, 0.3) is 0 Å². The van der Waals surface area contributed by atoms with Crippen LogP contribution in [0.15, 0.2) is 12.4 Å². The molecule has 0 bridgehead atoms. The van der Waals surface area contributed by atoms with Crippen LogP contribution < -0.4 is 0 Å². The third kappa shape index (κ3) is 4.13. The predicted molar refractivity (Wildman–Crippen MR) is 77.8 cm³/mol. The molecule has 0 aliphatic rings. The number of nitrogens with zero attached hydrogens (tertiary/aromatic N) is 3. The predicted octanol–water partition coefficient (Wildman–Crippen LogP) is 3.48. The maximum absolute atomic E-state index is 4.26. The van der Waals surface area contributed by atoms with Crippen molar-refractivity contribution in [2.75, 3.05) is 6.54 Å². The second-order valence-corrected chi connectivity index (χ2v) is 7.01. The van der Waals surface area contributed by atoms with Gasteiger partial charge in [0.15, 0.2) is 0 Å². The summed E-state index contributed by atoms with van der Waals surface area (Å²) >= 11 is 0. The molecule has 18 heavy (non-hydrogen) atoms. The molecule has 0 fully saturated rings. The van der Waals surface area contributed by atoms with Crippen molar-refractivity contribution in [2.45, 2.75) is 72.5 Å². The minimum Gasteiger partial charge on any atom is -0.335 e. The minimum atomic E-state index is 0.211. The number of hydrogen-bond donors (Lipinski definition) is 0. The van der Waals surface area contributed by atoms with E-state index in [0.717, 1.165) is 25.3 Å². The Hall–Kier alpha value is -0.830. The van der Waals surface area contributed by atoms with E-state index in [1.54, 1.807) is 0 Å². The summed E-state index contributed by atoms with van der Waals surface area (Å²) in [5, 5.41) is 0. The van der Waals surface area contributed by atoms with Crippen molar-refractivity contribution in [1.29, 1.82) is 0 Å². The first kappa shape index (κ1) is 15.2. The highest BCUT2D eigenvalue weighted by molar-refractivity contribution is 4.89. The number of hydrogen-bond acceptors (Lipinski definition) is 2. The maximum atomic E-state index is 4.26. The lowest BCUT2D eigenvalue weighted by Crippen LogP contribution is -2.53. The van der Waals surface area contributed by atoms with Crippen LogP contribution in [0.4, 0.5) is 0 Å². The largest absolute Gasteiger partial charge is 0.335 e. The van der Waals surface area contributed by atoms with E-state index in [-0.39, 0.29) is 11.1 Å². The molecule has 1 aromatic heterocycles. The Labute approximate surface area is 112 Å². The molecule has 0 atom stereocenters. The highest BCUT2D eigenvalue weighted by Gasteiger charge is 2.30. The highest BCUT2D eigenvalue weighted by atomic mass is 15.2. The molecular weight excluding hydrogens is 222 g/mol. The number of aryl methyl sites for hydroxylation is 2. The molecule has 0 unspecified atom stereocenters. The summed E-state index contributed by atoms with van der Waals surface area (Å²) in [5.74, 6) is 1.10. The van der Waals surface area contributed by atoms with Crippen LogP contribution in [-0.2, 0) is 6.54 Å². The first-order chi connectivity index (χ1) is 8.12. The minimum absolute atomic E-state index is 0.211. The van der Waals surface area contributed by atoms with Crippen molar-refractivity contribution in [3.8, 4) is 0 Å². The van der Waals surface area contributed by atoms with E-state index in [2.05, 4.69) is 69.1 Å². The fourth-order valence-corrected chi connectivity index (χ4v) is 2.72. The van der Waals surface area contributed by atoms with Gasteiger partial charge in [-0.3, -0.25) is 4.90 Å². The molecule has 0 spiro atoms. The average molecular weight is 251 g/mol. The normalized spacial score (nSPS) is 13.3. The molecule has 3 heteroatoms. The van der Waals surface area contributed by atoms with Crippen LogP contribution in [0.5, 0.6) is 0 Å². The summed E-state index contributed by atoms with van der Waals surface area (Å²) in [6.07, 6.45) is 5.10. The summed E-state index contributed by atoms with van der Waals surface area (Å²) < 4.78 is 2.23. The van der Waals surface area contributed by atoms with E-state index in [0.29, 0.717) is 0 Å². The Morgan fingerprint density at radius 2 is 1.67 bits per heavy atom. The Bertz CT molecular complexity index is 352. The van der Waals surface area contributed by atoms with Gasteiger partial charge in [-0.25, -0.2) is 4.98 Å². The van der Waals surface area contributed by atoms with Crippen LogP contribution in [0.1, 0.15) is 53.8 Å². The zero-order chi connectivity index (χ0) is 14.0. The fraction of sp³-hybridized carbons (Fsp3) is 0.800. The Balaban J connectivity index is 2.57. The van der Waals surface area contributed by atoms with Gasteiger partial charge in [-0.2, -0.15) is 0 Å². The topological polar surface area (TPSA) is 21.1 Å². The van der Waals surface area contributed by atoms with Gasteiger partial charge in [-0.15, -0.1) is 0 Å².